The van der Waals surface area contributed by atoms with Crippen molar-refractivity contribution in [2.45, 2.75) is 195 Å². The molecule has 5 rings (SSSR count). The first-order valence-electron chi connectivity index (χ1n) is 26.4. The molecule has 0 bridgehead atoms. The second-order valence-corrected chi connectivity index (χ2v) is 20.9. The average Bonchev–Trinajstić information content (AvgIpc) is 3.46. The van der Waals surface area contributed by atoms with Gasteiger partial charge in [0.2, 0.25) is 17.7 Å². The largest absolute Gasteiger partial charge is 0.493 e. The Morgan fingerprint density at radius 1 is 0.575 bits per heavy atom. The summed E-state index contributed by atoms with van der Waals surface area (Å²) < 4.78 is 87.2. The van der Waals surface area contributed by atoms with Crippen LogP contribution in [0.5, 0.6) is 5.75 Å². The molecular weight excluding hydrogens is 1090 g/mol. The van der Waals surface area contributed by atoms with Gasteiger partial charge in [-0.25, -0.2) is 4.18 Å². The molecule has 20 unspecified atom stereocenters. The molecule has 0 saturated carbocycles. The molecule has 0 spiro atoms. The molecule has 4 aliphatic heterocycles. The van der Waals surface area contributed by atoms with E-state index in [4.69, 9.17) is 46.8 Å². The normalized spacial score (nSPS) is 34.8. The van der Waals surface area contributed by atoms with Crippen LogP contribution in [0.1, 0.15) is 83.0 Å². The van der Waals surface area contributed by atoms with Crippen LogP contribution in [0.4, 0.5) is 0 Å². The van der Waals surface area contributed by atoms with Crippen LogP contribution in [-0.4, -0.2) is 243 Å². The predicted molar refractivity (Wildman–Crippen MR) is 273 cm³/mol. The summed E-state index contributed by atoms with van der Waals surface area (Å²) in [6.45, 7) is 1.93. The van der Waals surface area contributed by atoms with E-state index in [1.165, 1.54) is 26.0 Å². The molecule has 80 heavy (non-hydrogen) atoms. The Kier molecular flexibility index (Phi) is 26.7. The second-order valence-electron chi connectivity index (χ2n) is 19.6. The number of amides is 4. The number of aliphatic hydroxyl groups excluding tert-OH is 8. The Morgan fingerprint density at radius 2 is 1.02 bits per heavy atom. The van der Waals surface area contributed by atoms with Gasteiger partial charge in [0.15, 0.2) is 25.2 Å². The predicted octanol–water partition coefficient (Wildman–Crippen LogP) is -3.62. The zero-order valence-corrected chi connectivity index (χ0v) is 46.2. The van der Waals surface area contributed by atoms with E-state index >= 15 is 0 Å². The van der Waals surface area contributed by atoms with Crippen molar-refractivity contribution in [2.24, 2.45) is 0 Å². The fourth-order valence-electron chi connectivity index (χ4n) is 9.62. The van der Waals surface area contributed by atoms with E-state index in [2.05, 4.69) is 44.5 Å². The van der Waals surface area contributed by atoms with Crippen LogP contribution >= 0.6 is 0 Å². The highest BCUT2D eigenvalue weighted by Gasteiger charge is 2.56. The standard InChI is InChI=1S/C50H80N4O25S/c1-7-8-9-10-11-12-13-14-17-20-71-29-19-16-15-18-28(29)46(66)54-34-39(62)38(61)30(21-55)73-48(34)77-43-31(22-56)74-49(36(41(43)64)52-26(3)59)78-44-32(23-57)75-50(37(42(44)65)53-27(4)60)79-45-33(24-72-80(67,68)70-6)76-47(69-5)35(40(45)63)51-25(2)58/h12-13,15-16,18-19,30-45,47-50,55-57,61-65H,7-11,14,17,20-24H2,1-6H3,(H,51,58)(H,52,59)(H,53,60)(H,54,66)/b13-12-. The molecule has 4 amide bonds. The molecule has 456 valence electrons. The molecule has 0 radical (unpaired) electrons. The minimum absolute atomic E-state index is 0.0307. The fraction of sp³-hybridized carbons (Fsp3) is 0.760. The summed E-state index contributed by atoms with van der Waals surface area (Å²) in [7, 11) is -2.64. The first kappa shape index (κ1) is 66.7. The summed E-state index contributed by atoms with van der Waals surface area (Å²) in [4.78, 5) is 51.7. The first-order chi connectivity index (χ1) is 38.1. The van der Waals surface area contributed by atoms with Crippen LogP contribution in [0.25, 0.3) is 0 Å². The summed E-state index contributed by atoms with van der Waals surface area (Å²) in [6, 6.07) is -0.188. The van der Waals surface area contributed by atoms with Gasteiger partial charge < -0.3 is 105 Å². The van der Waals surface area contributed by atoms with Crippen LogP contribution in [0.3, 0.4) is 0 Å². The lowest BCUT2D eigenvalue weighted by molar-refractivity contribution is -0.362. The fourth-order valence-corrected chi connectivity index (χ4v) is 10.0. The van der Waals surface area contributed by atoms with Crippen molar-refractivity contribution in [1.29, 1.82) is 0 Å². The van der Waals surface area contributed by atoms with Crippen molar-refractivity contribution in [2.75, 3.05) is 47.3 Å². The monoisotopic (exact) mass is 1170 g/mol. The number of hydrogen-bond acceptors (Lipinski definition) is 25. The number of methoxy groups -OCH3 is 1. The van der Waals surface area contributed by atoms with E-state index in [1.54, 1.807) is 18.2 Å². The molecule has 4 saturated heterocycles. The van der Waals surface area contributed by atoms with Gasteiger partial charge in [-0.2, -0.15) is 8.42 Å². The molecule has 29 nitrogen and oxygen atoms in total. The molecular formula is C50H80N4O25S. The number of unbranched alkanes of at least 4 members (excludes halogenated alkanes) is 5. The molecule has 0 aromatic heterocycles. The van der Waals surface area contributed by atoms with Gasteiger partial charge in [0.25, 0.3) is 5.91 Å². The third-order valence-electron chi connectivity index (χ3n) is 13.6. The molecule has 30 heteroatoms. The van der Waals surface area contributed by atoms with E-state index in [-0.39, 0.29) is 17.9 Å². The lowest BCUT2D eigenvalue weighted by Gasteiger charge is -2.51. The Balaban J connectivity index is 1.37. The van der Waals surface area contributed by atoms with E-state index in [0.717, 1.165) is 53.6 Å². The summed E-state index contributed by atoms with van der Waals surface area (Å²) in [5.74, 6) is -2.86. The van der Waals surface area contributed by atoms with Crippen LogP contribution < -0.4 is 26.0 Å². The van der Waals surface area contributed by atoms with Gasteiger partial charge in [0.05, 0.1) is 45.7 Å². The molecule has 4 heterocycles. The molecule has 4 fully saturated rings. The summed E-state index contributed by atoms with van der Waals surface area (Å²) >= 11 is 0. The van der Waals surface area contributed by atoms with E-state index in [9.17, 15) is 68.4 Å². The van der Waals surface area contributed by atoms with Gasteiger partial charge in [-0.3, -0.25) is 23.4 Å². The van der Waals surface area contributed by atoms with Crippen molar-refractivity contribution in [1.82, 2.24) is 21.3 Å². The van der Waals surface area contributed by atoms with Crippen molar-refractivity contribution >= 4 is 34.0 Å². The van der Waals surface area contributed by atoms with Crippen LogP contribution in [-0.2, 0) is 71.0 Å². The number of para-hydroxylation sites is 1. The second kappa shape index (κ2) is 32.1. The Bertz CT molecular complexity index is 2250. The highest BCUT2D eigenvalue weighted by atomic mass is 32.3. The van der Waals surface area contributed by atoms with E-state index < -0.39 is 183 Å². The maximum atomic E-state index is 14.0. The van der Waals surface area contributed by atoms with Gasteiger partial charge in [0.1, 0.15) is 103 Å². The molecule has 12 N–H and O–H groups in total. The third kappa shape index (κ3) is 17.9. The number of ether oxygens (including phenoxy) is 9. The van der Waals surface area contributed by atoms with Gasteiger partial charge in [-0.1, -0.05) is 50.5 Å². The zero-order valence-electron chi connectivity index (χ0n) is 45.4. The lowest BCUT2D eigenvalue weighted by atomic mass is 9.93. The van der Waals surface area contributed by atoms with Crippen LogP contribution in [0.2, 0.25) is 0 Å². The topological polar surface area (TPSA) is 414 Å². The summed E-state index contributed by atoms with van der Waals surface area (Å²) in [5, 5.41) is 99.8. The number of allylic oxidation sites excluding steroid dienone is 2. The number of carbonyl (C=O) groups excluding carboxylic acids is 4. The van der Waals surface area contributed by atoms with Gasteiger partial charge in [-0.05, 0) is 37.8 Å². The molecule has 4 aliphatic rings. The highest BCUT2D eigenvalue weighted by Crippen LogP contribution is 2.35. The van der Waals surface area contributed by atoms with Gasteiger partial charge in [0, 0.05) is 27.9 Å². The minimum atomic E-state index is -4.63. The quantitative estimate of drug-likeness (QED) is 0.0272. The maximum Gasteiger partial charge on any atom is 0.399 e. The van der Waals surface area contributed by atoms with Gasteiger partial charge in [-0.15, -0.1) is 0 Å². The smallest absolute Gasteiger partial charge is 0.399 e. The number of hydrogen-bond donors (Lipinski definition) is 12. The molecule has 20 atom stereocenters. The SMILES string of the molecule is CCCCCC/C=C\CCCOc1ccccc1C(=O)NC1C(OC2C(CO)OC(OC3C(CO)OC(OC4C(COS(=O)(=O)OC)OC(OC)C(NC(C)=O)C4O)C(NC(C)=O)C3O)C(NC(C)=O)C2O)OC(CO)C(O)C1O. The molecule has 1 aromatic carbocycles. The molecule has 1 aromatic rings. The summed E-state index contributed by atoms with van der Waals surface area (Å²) in [5.41, 5.74) is 0.0307. The summed E-state index contributed by atoms with van der Waals surface area (Å²) in [6.07, 6.45) is -17.0. The van der Waals surface area contributed by atoms with Crippen molar-refractivity contribution in [3.63, 3.8) is 0 Å². The Labute approximate surface area is 463 Å². The minimum Gasteiger partial charge on any atom is -0.493 e. The first-order valence-corrected chi connectivity index (χ1v) is 27.7. The lowest BCUT2D eigenvalue weighted by Crippen LogP contribution is -2.71. The highest BCUT2D eigenvalue weighted by molar-refractivity contribution is 7.81. The zero-order chi connectivity index (χ0) is 58.8. The number of nitrogens with one attached hydrogen (secondary N) is 4. The van der Waals surface area contributed by atoms with Crippen LogP contribution in [0, 0.1) is 0 Å². The average molecular weight is 1170 g/mol. The van der Waals surface area contributed by atoms with Crippen molar-refractivity contribution in [3.05, 3.63) is 42.0 Å². The van der Waals surface area contributed by atoms with E-state index in [0.29, 0.717) is 6.42 Å². The molecule has 0 aliphatic carbocycles. The number of benzene rings is 1. The Morgan fingerprint density at radius 3 is 1.50 bits per heavy atom. The maximum absolute atomic E-state index is 14.0. The van der Waals surface area contributed by atoms with Gasteiger partial charge >= 0.3 is 10.4 Å². The third-order valence-corrected chi connectivity index (χ3v) is 14.5. The number of carbonyl (C=O) groups is 4. The number of rotatable bonds is 29. The van der Waals surface area contributed by atoms with Crippen molar-refractivity contribution in [3.8, 4) is 5.75 Å². The van der Waals surface area contributed by atoms with Crippen molar-refractivity contribution < 1.29 is 119 Å². The Hall–Kier alpha value is -4.13. The van der Waals surface area contributed by atoms with Crippen LogP contribution in [0.15, 0.2) is 36.4 Å². The number of aliphatic hydroxyl groups is 8. The van der Waals surface area contributed by atoms with E-state index in [1.807, 2.05) is 0 Å².